The normalized spacial score (nSPS) is 10.5. The molecule has 1 aromatic heterocycles. The molecular formula is C11H14N4O. The average Bonchev–Trinajstić information content (AvgIpc) is 2.79. The zero-order valence-electron chi connectivity index (χ0n) is 8.89. The molecule has 0 atom stereocenters. The number of anilines is 1. The van der Waals surface area contributed by atoms with Crippen LogP contribution in [-0.4, -0.2) is 16.7 Å². The SMILES string of the molecule is Nc1ccccc1CNCCc1ncon1. The first kappa shape index (κ1) is 10.6. The Hall–Kier alpha value is -1.88. The number of nitrogens with two attached hydrogens (primary N) is 1. The zero-order chi connectivity index (χ0) is 11.2. The number of para-hydroxylation sites is 1. The molecular weight excluding hydrogens is 204 g/mol. The molecule has 0 unspecified atom stereocenters. The van der Waals surface area contributed by atoms with Crippen LogP contribution < -0.4 is 11.1 Å². The maximum Gasteiger partial charge on any atom is 0.213 e. The van der Waals surface area contributed by atoms with E-state index in [9.17, 15) is 0 Å². The summed E-state index contributed by atoms with van der Waals surface area (Å²) in [6.07, 6.45) is 2.09. The molecule has 3 N–H and O–H groups in total. The highest BCUT2D eigenvalue weighted by molar-refractivity contribution is 5.46. The van der Waals surface area contributed by atoms with E-state index in [1.807, 2.05) is 24.3 Å². The molecule has 84 valence electrons. The van der Waals surface area contributed by atoms with E-state index in [0.717, 1.165) is 30.8 Å². The van der Waals surface area contributed by atoms with Gasteiger partial charge in [-0.3, -0.25) is 0 Å². The summed E-state index contributed by atoms with van der Waals surface area (Å²) in [6.45, 7) is 1.55. The smallest absolute Gasteiger partial charge is 0.213 e. The Morgan fingerprint density at radius 3 is 2.94 bits per heavy atom. The first-order valence-electron chi connectivity index (χ1n) is 5.15. The highest BCUT2D eigenvalue weighted by atomic mass is 16.5. The Morgan fingerprint density at radius 1 is 1.31 bits per heavy atom. The molecule has 0 radical (unpaired) electrons. The fourth-order valence-corrected chi connectivity index (χ4v) is 1.42. The van der Waals surface area contributed by atoms with Crippen molar-refractivity contribution in [3.8, 4) is 0 Å². The molecule has 2 aromatic rings. The quantitative estimate of drug-likeness (QED) is 0.578. The third-order valence-electron chi connectivity index (χ3n) is 2.30. The summed E-state index contributed by atoms with van der Waals surface area (Å²) in [7, 11) is 0. The van der Waals surface area contributed by atoms with Crippen LogP contribution in [0.1, 0.15) is 11.4 Å². The van der Waals surface area contributed by atoms with Gasteiger partial charge >= 0.3 is 0 Å². The number of rotatable bonds is 5. The number of nitrogens with one attached hydrogen (secondary N) is 1. The highest BCUT2D eigenvalue weighted by Crippen LogP contribution is 2.09. The first-order valence-corrected chi connectivity index (χ1v) is 5.15. The summed E-state index contributed by atoms with van der Waals surface area (Å²) in [5.74, 6) is 0.716. The number of hydrogen-bond acceptors (Lipinski definition) is 5. The summed E-state index contributed by atoms with van der Waals surface area (Å²) < 4.78 is 4.64. The van der Waals surface area contributed by atoms with Crippen molar-refractivity contribution < 1.29 is 4.52 Å². The van der Waals surface area contributed by atoms with E-state index >= 15 is 0 Å². The standard InChI is InChI=1S/C11H14N4O/c12-10-4-2-1-3-9(10)7-13-6-5-11-14-8-16-15-11/h1-4,8,13H,5-7,12H2. The minimum absolute atomic E-state index is 0.716. The van der Waals surface area contributed by atoms with Crippen LogP contribution in [0.3, 0.4) is 0 Å². The molecule has 0 amide bonds. The van der Waals surface area contributed by atoms with Crippen molar-refractivity contribution in [2.45, 2.75) is 13.0 Å². The van der Waals surface area contributed by atoms with Gasteiger partial charge < -0.3 is 15.6 Å². The van der Waals surface area contributed by atoms with Crippen molar-refractivity contribution in [2.24, 2.45) is 0 Å². The third-order valence-corrected chi connectivity index (χ3v) is 2.30. The average molecular weight is 218 g/mol. The van der Waals surface area contributed by atoms with E-state index < -0.39 is 0 Å². The van der Waals surface area contributed by atoms with Crippen molar-refractivity contribution >= 4 is 5.69 Å². The summed E-state index contributed by atoms with van der Waals surface area (Å²) in [6, 6.07) is 7.82. The van der Waals surface area contributed by atoms with Gasteiger partial charge in [0.1, 0.15) is 0 Å². The van der Waals surface area contributed by atoms with Crippen LogP contribution in [0.4, 0.5) is 5.69 Å². The maximum absolute atomic E-state index is 5.82. The van der Waals surface area contributed by atoms with Crippen molar-refractivity contribution in [1.82, 2.24) is 15.5 Å². The summed E-state index contributed by atoms with van der Waals surface area (Å²) >= 11 is 0. The van der Waals surface area contributed by atoms with Gasteiger partial charge in [-0.1, -0.05) is 23.4 Å². The molecule has 1 heterocycles. The Balaban J connectivity index is 1.74. The largest absolute Gasteiger partial charge is 0.398 e. The van der Waals surface area contributed by atoms with Crippen molar-refractivity contribution in [1.29, 1.82) is 0 Å². The van der Waals surface area contributed by atoms with Gasteiger partial charge in [0, 0.05) is 25.2 Å². The van der Waals surface area contributed by atoms with E-state index in [1.165, 1.54) is 6.39 Å². The fourth-order valence-electron chi connectivity index (χ4n) is 1.42. The van der Waals surface area contributed by atoms with Crippen LogP contribution in [0.15, 0.2) is 35.2 Å². The molecule has 0 bridgehead atoms. The Morgan fingerprint density at radius 2 is 2.19 bits per heavy atom. The molecule has 2 rings (SSSR count). The molecule has 0 aliphatic rings. The van der Waals surface area contributed by atoms with Crippen LogP contribution in [0.5, 0.6) is 0 Å². The predicted octanol–water partition coefficient (Wildman–Crippen LogP) is 0.984. The van der Waals surface area contributed by atoms with Gasteiger partial charge in [-0.2, -0.15) is 4.98 Å². The molecule has 0 saturated heterocycles. The van der Waals surface area contributed by atoms with Gasteiger partial charge in [0.2, 0.25) is 6.39 Å². The van der Waals surface area contributed by atoms with Gasteiger partial charge in [-0.05, 0) is 11.6 Å². The molecule has 0 spiro atoms. The number of hydrogen-bond donors (Lipinski definition) is 2. The van der Waals surface area contributed by atoms with E-state index in [0.29, 0.717) is 5.82 Å². The van der Waals surface area contributed by atoms with Crippen molar-refractivity contribution in [3.05, 3.63) is 42.0 Å². The minimum atomic E-state index is 0.716. The maximum atomic E-state index is 5.82. The van der Waals surface area contributed by atoms with Gasteiger partial charge in [0.25, 0.3) is 0 Å². The van der Waals surface area contributed by atoms with E-state index in [4.69, 9.17) is 5.73 Å². The lowest BCUT2D eigenvalue weighted by Crippen LogP contribution is -2.17. The molecule has 0 saturated carbocycles. The van der Waals surface area contributed by atoms with Gasteiger partial charge in [0.05, 0.1) is 0 Å². The van der Waals surface area contributed by atoms with Crippen LogP contribution in [0, 0.1) is 0 Å². The highest BCUT2D eigenvalue weighted by Gasteiger charge is 1.99. The Kier molecular flexibility index (Phi) is 3.50. The van der Waals surface area contributed by atoms with E-state index in [1.54, 1.807) is 0 Å². The topological polar surface area (TPSA) is 77.0 Å². The molecule has 5 heteroatoms. The van der Waals surface area contributed by atoms with Crippen LogP contribution in [0.25, 0.3) is 0 Å². The molecule has 0 fully saturated rings. The van der Waals surface area contributed by atoms with Gasteiger partial charge in [0.15, 0.2) is 5.82 Å². The lowest BCUT2D eigenvalue weighted by atomic mass is 10.2. The molecule has 16 heavy (non-hydrogen) atoms. The van der Waals surface area contributed by atoms with Crippen LogP contribution >= 0.6 is 0 Å². The fraction of sp³-hybridized carbons (Fsp3) is 0.273. The van der Waals surface area contributed by atoms with E-state index in [2.05, 4.69) is 20.0 Å². The lowest BCUT2D eigenvalue weighted by molar-refractivity contribution is 0.409. The van der Waals surface area contributed by atoms with Crippen molar-refractivity contribution in [2.75, 3.05) is 12.3 Å². The molecule has 1 aromatic carbocycles. The second-order valence-corrected chi connectivity index (χ2v) is 3.47. The zero-order valence-corrected chi connectivity index (χ0v) is 8.89. The monoisotopic (exact) mass is 218 g/mol. The van der Waals surface area contributed by atoms with Gasteiger partial charge in [-0.15, -0.1) is 0 Å². The summed E-state index contributed by atoms with van der Waals surface area (Å²) in [5.41, 5.74) is 7.74. The molecule has 0 aliphatic carbocycles. The number of aromatic nitrogens is 2. The number of benzene rings is 1. The third kappa shape index (κ3) is 2.80. The van der Waals surface area contributed by atoms with Gasteiger partial charge in [-0.25, -0.2) is 0 Å². The summed E-state index contributed by atoms with van der Waals surface area (Å²) in [5, 5.41) is 7.01. The predicted molar refractivity (Wildman–Crippen MR) is 60.6 cm³/mol. The van der Waals surface area contributed by atoms with Crippen molar-refractivity contribution in [3.63, 3.8) is 0 Å². The molecule has 0 aliphatic heterocycles. The number of nitrogens with zero attached hydrogens (tertiary/aromatic N) is 2. The lowest BCUT2D eigenvalue weighted by Gasteiger charge is -2.05. The Labute approximate surface area is 93.7 Å². The summed E-state index contributed by atoms with van der Waals surface area (Å²) in [4.78, 5) is 3.94. The van der Waals surface area contributed by atoms with Crippen LogP contribution in [0.2, 0.25) is 0 Å². The minimum Gasteiger partial charge on any atom is -0.398 e. The second-order valence-electron chi connectivity index (χ2n) is 3.47. The first-order chi connectivity index (χ1) is 7.86. The van der Waals surface area contributed by atoms with Crippen LogP contribution in [-0.2, 0) is 13.0 Å². The number of nitrogen functional groups attached to an aromatic ring is 1. The second kappa shape index (κ2) is 5.27. The van der Waals surface area contributed by atoms with E-state index in [-0.39, 0.29) is 0 Å². The Bertz CT molecular complexity index is 427. The molecule has 5 nitrogen and oxygen atoms in total.